The van der Waals surface area contributed by atoms with Crippen LogP contribution in [0.2, 0.25) is 0 Å². The smallest absolute Gasteiger partial charge is 0.270 e. The number of nitrogens with one attached hydrogen (secondary N) is 1. The zero-order valence-corrected chi connectivity index (χ0v) is 13.8. The van der Waals surface area contributed by atoms with E-state index in [4.69, 9.17) is 0 Å². The molecule has 25 heavy (non-hydrogen) atoms. The lowest BCUT2D eigenvalue weighted by Gasteiger charge is -2.04. The maximum Gasteiger partial charge on any atom is 0.270 e. The monoisotopic (exact) mass is 354 g/mol. The van der Waals surface area contributed by atoms with Crippen LogP contribution in [-0.4, -0.2) is 27.5 Å². The first kappa shape index (κ1) is 16.8. The second-order valence-corrected chi connectivity index (χ2v) is 6.48. The second-order valence-electron chi connectivity index (χ2n) is 5.29. The molecule has 8 heteroatoms. The first-order valence-electron chi connectivity index (χ1n) is 7.49. The van der Waals surface area contributed by atoms with Gasteiger partial charge in [-0.05, 0) is 12.0 Å². The molecule has 1 amide bonds. The van der Waals surface area contributed by atoms with E-state index in [0.29, 0.717) is 17.2 Å². The number of nitro groups is 1. The SMILES string of the molecule is O=C1N/C(=N\N=C\c2cccc([N+](=O)[O-])c2)SC1Cc1ccccc1. The Labute approximate surface area is 148 Å². The van der Waals surface area contributed by atoms with Crippen LogP contribution in [-0.2, 0) is 11.2 Å². The van der Waals surface area contributed by atoms with Crippen molar-refractivity contribution in [1.82, 2.24) is 5.32 Å². The minimum Gasteiger partial charge on any atom is -0.303 e. The van der Waals surface area contributed by atoms with E-state index < -0.39 is 4.92 Å². The Kier molecular flexibility index (Phi) is 5.20. The van der Waals surface area contributed by atoms with Gasteiger partial charge < -0.3 is 5.32 Å². The third-order valence-corrected chi connectivity index (χ3v) is 4.55. The molecule has 1 atom stereocenters. The van der Waals surface area contributed by atoms with E-state index in [2.05, 4.69) is 15.5 Å². The molecule has 2 aromatic rings. The Hall–Kier alpha value is -3.00. The summed E-state index contributed by atoms with van der Waals surface area (Å²) in [7, 11) is 0. The average molecular weight is 354 g/mol. The standard InChI is InChI=1S/C17H14N4O3S/c22-16-15(10-12-5-2-1-3-6-12)25-17(19-16)20-18-11-13-7-4-8-14(9-13)21(23)24/h1-9,11,15H,10H2,(H,19,20,22)/b18-11+. The summed E-state index contributed by atoms with van der Waals surface area (Å²) in [6.07, 6.45) is 2.03. The van der Waals surface area contributed by atoms with Crippen LogP contribution in [0.5, 0.6) is 0 Å². The highest BCUT2D eigenvalue weighted by atomic mass is 32.2. The summed E-state index contributed by atoms with van der Waals surface area (Å²) in [4.78, 5) is 22.3. The number of rotatable bonds is 5. The number of non-ortho nitro benzene ring substituents is 1. The molecule has 126 valence electrons. The first-order chi connectivity index (χ1) is 12.1. The number of nitro benzene ring substituents is 1. The molecule has 1 unspecified atom stereocenters. The fourth-order valence-electron chi connectivity index (χ4n) is 2.28. The number of hydrogen-bond donors (Lipinski definition) is 1. The largest absolute Gasteiger partial charge is 0.303 e. The summed E-state index contributed by atoms with van der Waals surface area (Å²) in [5.41, 5.74) is 1.63. The van der Waals surface area contributed by atoms with Crippen LogP contribution in [0.25, 0.3) is 0 Å². The summed E-state index contributed by atoms with van der Waals surface area (Å²) in [5.74, 6) is -0.0989. The number of amides is 1. The number of thioether (sulfide) groups is 1. The Balaban J connectivity index is 1.64. The topological polar surface area (TPSA) is 97.0 Å². The molecule has 1 heterocycles. The molecule has 0 bridgehead atoms. The summed E-state index contributed by atoms with van der Waals surface area (Å²) < 4.78 is 0. The number of carbonyl (C=O) groups excluding carboxylic acids is 1. The summed E-state index contributed by atoms with van der Waals surface area (Å²) in [5, 5.41) is 21.5. The van der Waals surface area contributed by atoms with Gasteiger partial charge in [-0.2, -0.15) is 5.10 Å². The predicted molar refractivity (Wildman–Crippen MR) is 97.8 cm³/mol. The fraction of sp³-hybridized carbons (Fsp3) is 0.118. The van der Waals surface area contributed by atoms with Crippen LogP contribution in [0.4, 0.5) is 5.69 Å². The van der Waals surface area contributed by atoms with Crippen LogP contribution in [0.3, 0.4) is 0 Å². The van der Waals surface area contributed by atoms with Gasteiger partial charge in [0.25, 0.3) is 5.69 Å². The highest BCUT2D eigenvalue weighted by Crippen LogP contribution is 2.23. The van der Waals surface area contributed by atoms with Crippen molar-refractivity contribution in [3.63, 3.8) is 0 Å². The molecule has 2 aromatic carbocycles. The van der Waals surface area contributed by atoms with Crippen LogP contribution < -0.4 is 5.32 Å². The van der Waals surface area contributed by atoms with Crippen LogP contribution in [0.1, 0.15) is 11.1 Å². The summed E-state index contributed by atoms with van der Waals surface area (Å²) in [6.45, 7) is 0. The van der Waals surface area contributed by atoms with E-state index in [0.717, 1.165) is 5.56 Å². The fourth-order valence-corrected chi connectivity index (χ4v) is 3.25. The highest BCUT2D eigenvalue weighted by molar-refractivity contribution is 8.15. The lowest BCUT2D eigenvalue weighted by molar-refractivity contribution is -0.384. The number of hydrogen-bond acceptors (Lipinski definition) is 6. The van der Waals surface area contributed by atoms with Crippen molar-refractivity contribution in [2.24, 2.45) is 10.2 Å². The Morgan fingerprint density at radius 1 is 1.20 bits per heavy atom. The van der Waals surface area contributed by atoms with E-state index in [1.54, 1.807) is 12.1 Å². The summed E-state index contributed by atoms with van der Waals surface area (Å²) >= 11 is 1.32. The molecule has 0 spiro atoms. The van der Waals surface area contributed by atoms with Crippen LogP contribution in [0, 0.1) is 10.1 Å². The van der Waals surface area contributed by atoms with Crippen LogP contribution in [0.15, 0.2) is 64.8 Å². The summed E-state index contributed by atoms with van der Waals surface area (Å²) in [6, 6.07) is 15.8. The van der Waals surface area contributed by atoms with E-state index >= 15 is 0 Å². The van der Waals surface area contributed by atoms with E-state index in [-0.39, 0.29) is 16.8 Å². The van der Waals surface area contributed by atoms with Crippen molar-refractivity contribution < 1.29 is 9.72 Å². The second kappa shape index (κ2) is 7.71. The number of carbonyl (C=O) groups is 1. The van der Waals surface area contributed by atoms with Crippen LogP contribution >= 0.6 is 11.8 Å². The predicted octanol–water partition coefficient (Wildman–Crippen LogP) is 2.76. The van der Waals surface area contributed by atoms with Crippen molar-refractivity contribution in [1.29, 1.82) is 0 Å². The third-order valence-electron chi connectivity index (χ3n) is 3.48. The van der Waals surface area contributed by atoms with Gasteiger partial charge in [0.1, 0.15) is 0 Å². The quantitative estimate of drug-likeness (QED) is 0.507. The Morgan fingerprint density at radius 2 is 2.00 bits per heavy atom. The molecule has 1 fully saturated rings. The third kappa shape index (κ3) is 4.51. The van der Waals surface area contributed by atoms with Gasteiger partial charge in [0.15, 0.2) is 5.17 Å². The average Bonchev–Trinajstić information content (AvgIpc) is 2.95. The van der Waals surface area contributed by atoms with Gasteiger partial charge in [-0.25, -0.2) is 0 Å². The van der Waals surface area contributed by atoms with Crippen molar-refractivity contribution in [2.45, 2.75) is 11.7 Å². The molecule has 1 saturated heterocycles. The molecule has 7 nitrogen and oxygen atoms in total. The molecule has 0 aromatic heterocycles. The minimum absolute atomic E-state index is 0.0110. The lowest BCUT2D eigenvalue weighted by atomic mass is 10.1. The number of benzene rings is 2. The van der Waals surface area contributed by atoms with Crippen molar-refractivity contribution >= 4 is 34.7 Å². The lowest BCUT2D eigenvalue weighted by Crippen LogP contribution is -2.25. The Bertz CT molecular complexity index is 852. The Morgan fingerprint density at radius 3 is 2.76 bits per heavy atom. The number of amidine groups is 1. The van der Waals surface area contributed by atoms with Crippen molar-refractivity contribution in [3.05, 3.63) is 75.8 Å². The molecule has 0 saturated carbocycles. The van der Waals surface area contributed by atoms with Gasteiger partial charge in [-0.1, -0.05) is 54.2 Å². The zero-order valence-electron chi connectivity index (χ0n) is 13.0. The van der Waals surface area contributed by atoms with Gasteiger partial charge >= 0.3 is 0 Å². The zero-order chi connectivity index (χ0) is 17.6. The van der Waals surface area contributed by atoms with Crippen molar-refractivity contribution in [2.75, 3.05) is 0 Å². The van der Waals surface area contributed by atoms with Gasteiger partial charge in [0.05, 0.1) is 16.4 Å². The molecule has 1 N–H and O–H groups in total. The molecule has 1 aliphatic heterocycles. The van der Waals surface area contributed by atoms with E-state index in [1.165, 1.54) is 30.1 Å². The van der Waals surface area contributed by atoms with Gasteiger partial charge in [0, 0.05) is 17.7 Å². The highest BCUT2D eigenvalue weighted by Gasteiger charge is 2.30. The molecule has 1 aliphatic rings. The maximum atomic E-state index is 12.0. The van der Waals surface area contributed by atoms with Crippen molar-refractivity contribution in [3.8, 4) is 0 Å². The van der Waals surface area contributed by atoms with Gasteiger partial charge in [-0.3, -0.25) is 14.9 Å². The molecule has 0 aliphatic carbocycles. The first-order valence-corrected chi connectivity index (χ1v) is 8.37. The normalized spacial score (nSPS) is 18.6. The molecular weight excluding hydrogens is 340 g/mol. The minimum atomic E-state index is -0.468. The van der Waals surface area contributed by atoms with Gasteiger partial charge in [-0.15, -0.1) is 5.10 Å². The van der Waals surface area contributed by atoms with E-state index in [9.17, 15) is 14.9 Å². The number of nitrogens with zero attached hydrogens (tertiary/aromatic N) is 3. The molecular formula is C17H14N4O3S. The van der Waals surface area contributed by atoms with Gasteiger partial charge in [0.2, 0.25) is 5.91 Å². The molecule has 0 radical (unpaired) electrons. The van der Waals surface area contributed by atoms with E-state index in [1.807, 2.05) is 30.3 Å². The maximum absolute atomic E-state index is 12.0. The molecule has 3 rings (SSSR count).